The van der Waals surface area contributed by atoms with Gasteiger partial charge in [-0.2, -0.15) is 5.10 Å². The van der Waals surface area contributed by atoms with E-state index in [1.165, 1.54) is 11.1 Å². The van der Waals surface area contributed by atoms with Gasteiger partial charge in [-0.1, -0.05) is 36.8 Å². The Kier molecular flexibility index (Phi) is 4.78. The summed E-state index contributed by atoms with van der Waals surface area (Å²) in [5.74, 6) is -0.333. The first-order valence-corrected chi connectivity index (χ1v) is 7.35. The van der Waals surface area contributed by atoms with Crippen LogP contribution in [0.2, 0.25) is 0 Å². The van der Waals surface area contributed by atoms with Crippen molar-refractivity contribution in [2.75, 3.05) is 6.61 Å². The predicted molar refractivity (Wildman–Crippen MR) is 82.6 cm³/mol. The van der Waals surface area contributed by atoms with Gasteiger partial charge in [-0.3, -0.25) is 4.68 Å². The van der Waals surface area contributed by atoms with Crippen molar-refractivity contribution in [1.82, 2.24) is 9.78 Å². The van der Waals surface area contributed by atoms with Crippen molar-refractivity contribution < 1.29 is 9.53 Å². The molecular weight excluding hydrogens is 264 g/mol. The molecule has 21 heavy (non-hydrogen) atoms. The van der Waals surface area contributed by atoms with Gasteiger partial charge in [0.05, 0.1) is 13.2 Å². The minimum Gasteiger partial charge on any atom is -0.461 e. The molecule has 112 valence electrons. The van der Waals surface area contributed by atoms with Crippen molar-refractivity contribution in [3.63, 3.8) is 0 Å². The molecule has 0 spiro atoms. The molecule has 4 heteroatoms. The van der Waals surface area contributed by atoms with Gasteiger partial charge < -0.3 is 4.74 Å². The van der Waals surface area contributed by atoms with E-state index in [2.05, 4.69) is 36.3 Å². The number of ether oxygens (including phenoxy) is 1. The molecule has 4 nitrogen and oxygen atoms in total. The van der Waals surface area contributed by atoms with Crippen molar-refractivity contribution in [2.45, 2.75) is 40.7 Å². The number of benzene rings is 1. The number of hydrogen-bond donors (Lipinski definition) is 0. The third-order valence-corrected chi connectivity index (χ3v) is 3.61. The molecule has 1 heterocycles. The Balaban J connectivity index is 2.32. The second-order valence-electron chi connectivity index (χ2n) is 5.13. The standard InChI is InChI=1S/C17H22N2O2/c1-5-15-13(4)19(18-16(15)17(20)21-6-2)11-14-9-7-12(3)8-10-14/h7-10H,5-6,11H2,1-4H3. The zero-order valence-corrected chi connectivity index (χ0v) is 13.1. The van der Waals surface area contributed by atoms with Crippen molar-refractivity contribution in [1.29, 1.82) is 0 Å². The average Bonchev–Trinajstić information content (AvgIpc) is 2.78. The highest BCUT2D eigenvalue weighted by Crippen LogP contribution is 2.17. The highest BCUT2D eigenvalue weighted by Gasteiger charge is 2.20. The van der Waals surface area contributed by atoms with Gasteiger partial charge in [0.2, 0.25) is 0 Å². The normalized spacial score (nSPS) is 10.7. The van der Waals surface area contributed by atoms with Crippen LogP contribution in [0.25, 0.3) is 0 Å². The molecule has 0 aliphatic carbocycles. The quantitative estimate of drug-likeness (QED) is 0.792. The third kappa shape index (κ3) is 3.32. The van der Waals surface area contributed by atoms with Crippen molar-refractivity contribution >= 4 is 5.97 Å². The molecule has 2 rings (SSSR count). The first kappa shape index (κ1) is 15.3. The zero-order valence-electron chi connectivity index (χ0n) is 13.1. The summed E-state index contributed by atoms with van der Waals surface area (Å²) in [6.45, 7) is 8.94. The van der Waals surface area contributed by atoms with Crippen LogP contribution in [-0.4, -0.2) is 22.4 Å². The van der Waals surface area contributed by atoms with Crippen LogP contribution in [0.1, 0.15) is 46.7 Å². The molecule has 2 aromatic rings. The summed E-state index contributed by atoms with van der Waals surface area (Å²) in [7, 11) is 0. The molecule has 0 saturated carbocycles. The Labute approximate surface area is 125 Å². The van der Waals surface area contributed by atoms with Gasteiger partial charge in [0, 0.05) is 11.3 Å². The van der Waals surface area contributed by atoms with Crippen LogP contribution in [0.15, 0.2) is 24.3 Å². The molecule has 0 bridgehead atoms. The van der Waals surface area contributed by atoms with Gasteiger partial charge in [0.15, 0.2) is 5.69 Å². The molecule has 1 aromatic carbocycles. The smallest absolute Gasteiger partial charge is 0.359 e. The van der Waals surface area contributed by atoms with Crippen LogP contribution < -0.4 is 0 Å². The summed E-state index contributed by atoms with van der Waals surface area (Å²) >= 11 is 0. The number of esters is 1. The van der Waals surface area contributed by atoms with Crippen molar-refractivity contribution in [3.8, 4) is 0 Å². The number of aryl methyl sites for hydroxylation is 1. The van der Waals surface area contributed by atoms with Gasteiger partial charge >= 0.3 is 5.97 Å². The predicted octanol–water partition coefficient (Wildman–Crippen LogP) is 3.29. The van der Waals surface area contributed by atoms with E-state index >= 15 is 0 Å². The summed E-state index contributed by atoms with van der Waals surface area (Å²) in [5, 5.41) is 4.46. The summed E-state index contributed by atoms with van der Waals surface area (Å²) in [5.41, 5.74) is 4.85. The van der Waals surface area contributed by atoms with Gasteiger partial charge in [-0.25, -0.2) is 4.79 Å². The summed E-state index contributed by atoms with van der Waals surface area (Å²) < 4.78 is 6.97. The van der Waals surface area contributed by atoms with Crippen LogP contribution in [0.4, 0.5) is 0 Å². The fourth-order valence-corrected chi connectivity index (χ4v) is 2.39. The molecular formula is C17H22N2O2. The van der Waals surface area contributed by atoms with E-state index in [1.807, 2.05) is 18.5 Å². The molecule has 0 fully saturated rings. The number of aromatic nitrogens is 2. The Morgan fingerprint density at radius 1 is 1.19 bits per heavy atom. The van der Waals surface area contributed by atoms with Crippen molar-refractivity contribution in [2.24, 2.45) is 0 Å². The van der Waals surface area contributed by atoms with Crippen LogP contribution in [0.3, 0.4) is 0 Å². The summed E-state index contributed by atoms with van der Waals surface area (Å²) in [4.78, 5) is 12.0. The van der Waals surface area contributed by atoms with E-state index in [4.69, 9.17) is 4.74 Å². The molecule has 0 aliphatic heterocycles. The van der Waals surface area contributed by atoms with E-state index in [0.29, 0.717) is 18.8 Å². The Morgan fingerprint density at radius 3 is 2.43 bits per heavy atom. The monoisotopic (exact) mass is 286 g/mol. The highest BCUT2D eigenvalue weighted by atomic mass is 16.5. The number of carbonyl (C=O) groups is 1. The molecule has 0 N–H and O–H groups in total. The first-order chi connectivity index (χ1) is 10.1. The number of rotatable bonds is 5. The van der Waals surface area contributed by atoms with E-state index < -0.39 is 0 Å². The second-order valence-corrected chi connectivity index (χ2v) is 5.13. The Morgan fingerprint density at radius 2 is 1.86 bits per heavy atom. The fourth-order valence-electron chi connectivity index (χ4n) is 2.39. The minimum atomic E-state index is -0.333. The van der Waals surface area contributed by atoms with Crippen LogP contribution >= 0.6 is 0 Å². The SMILES string of the molecule is CCOC(=O)c1nn(Cc2ccc(C)cc2)c(C)c1CC. The lowest BCUT2D eigenvalue weighted by Gasteiger charge is -2.05. The molecule has 0 unspecified atom stereocenters. The van der Waals surface area contributed by atoms with E-state index in [1.54, 1.807) is 6.92 Å². The van der Waals surface area contributed by atoms with Crippen LogP contribution in [-0.2, 0) is 17.7 Å². The maximum Gasteiger partial charge on any atom is 0.359 e. The second kappa shape index (κ2) is 6.57. The molecule has 0 radical (unpaired) electrons. The lowest BCUT2D eigenvalue weighted by atomic mass is 10.1. The minimum absolute atomic E-state index is 0.333. The van der Waals surface area contributed by atoms with Gasteiger partial charge in [0.25, 0.3) is 0 Å². The fraction of sp³-hybridized carbons (Fsp3) is 0.412. The summed E-state index contributed by atoms with van der Waals surface area (Å²) in [6.07, 6.45) is 0.772. The maximum absolute atomic E-state index is 12.0. The topological polar surface area (TPSA) is 44.1 Å². The third-order valence-electron chi connectivity index (χ3n) is 3.61. The van der Waals surface area contributed by atoms with E-state index in [0.717, 1.165) is 17.7 Å². The van der Waals surface area contributed by atoms with Crippen LogP contribution in [0, 0.1) is 13.8 Å². The Bertz CT molecular complexity index is 627. The largest absolute Gasteiger partial charge is 0.461 e. The number of carbonyl (C=O) groups excluding carboxylic acids is 1. The molecule has 1 aromatic heterocycles. The lowest BCUT2D eigenvalue weighted by Crippen LogP contribution is -2.09. The zero-order chi connectivity index (χ0) is 15.4. The highest BCUT2D eigenvalue weighted by molar-refractivity contribution is 5.89. The van der Waals surface area contributed by atoms with E-state index in [9.17, 15) is 4.79 Å². The van der Waals surface area contributed by atoms with E-state index in [-0.39, 0.29) is 5.97 Å². The molecule has 0 amide bonds. The summed E-state index contributed by atoms with van der Waals surface area (Å²) in [6, 6.07) is 8.35. The first-order valence-electron chi connectivity index (χ1n) is 7.35. The molecule has 0 saturated heterocycles. The molecule has 0 atom stereocenters. The lowest BCUT2D eigenvalue weighted by molar-refractivity contribution is 0.0517. The molecule has 0 aliphatic rings. The number of hydrogen-bond acceptors (Lipinski definition) is 3. The Hall–Kier alpha value is -2.10. The van der Waals surface area contributed by atoms with Crippen LogP contribution in [0.5, 0.6) is 0 Å². The van der Waals surface area contributed by atoms with Gasteiger partial charge in [0.1, 0.15) is 0 Å². The maximum atomic E-state index is 12.0. The van der Waals surface area contributed by atoms with Gasteiger partial charge in [-0.15, -0.1) is 0 Å². The van der Waals surface area contributed by atoms with Crippen molar-refractivity contribution in [3.05, 3.63) is 52.3 Å². The van der Waals surface area contributed by atoms with Gasteiger partial charge in [-0.05, 0) is 32.8 Å². The average molecular weight is 286 g/mol. The number of nitrogens with zero attached hydrogens (tertiary/aromatic N) is 2.